The first-order valence-electron chi connectivity index (χ1n) is 7.05. The van der Waals surface area contributed by atoms with Crippen molar-refractivity contribution in [1.29, 1.82) is 0 Å². The molecule has 1 aliphatic rings. The Kier molecular flexibility index (Phi) is 3.54. The molecule has 4 nitrogen and oxygen atoms in total. The molecule has 1 aromatic carbocycles. The average molecular weight is 269 g/mol. The van der Waals surface area contributed by atoms with Crippen molar-refractivity contribution in [3.63, 3.8) is 0 Å². The fourth-order valence-corrected chi connectivity index (χ4v) is 2.74. The van der Waals surface area contributed by atoms with E-state index in [2.05, 4.69) is 28.2 Å². The summed E-state index contributed by atoms with van der Waals surface area (Å²) in [5.74, 6) is 0.939. The summed E-state index contributed by atoms with van der Waals surface area (Å²) >= 11 is 0. The summed E-state index contributed by atoms with van der Waals surface area (Å²) in [5, 5.41) is 0. The third-order valence-corrected chi connectivity index (χ3v) is 3.89. The topological polar surface area (TPSA) is 49.0 Å². The normalized spacial score (nSPS) is 13.2. The van der Waals surface area contributed by atoms with E-state index < -0.39 is 0 Å². The Labute approximate surface area is 118 Å². The van der Waals surface area contributed by atoms with Gasteiger partial charge < -0.3 is 9.88 Å². The van der Waals surface area contributed by atoms with Gasteiger partial charge in [0.25, 0.3) is 0 Å². The highest BCUT2D eigenvalue weighted by molar-refractivity contribution is 5.78. The number of amides is 1. The third kappa shape index (κ3) is 2.74. The molecule has 0 spiro atoms. The lowest BCUT2D eigenvalue weighted by Crippen LogP contribution is -2.28. The average Bonchev–Trinajstić information content (AvgIpc) is 3.08. The van der Waals surface area contributed by atoms with Crippen LogP contribution >= 0.6 is 0 Å². The van der Waals surface area contributed by atoms with Crippen LogP contribution in [-0.4, -0.2) is 27.8 Å². The number of benzene rings is 1. The van der Waals surface area contributed by atoms with Gasteiger partial charge in [0.15, 0.2) is 0 Å². The zero-order chi connectivity index (χ0) is 13.9. The number of carbonyl (C=O) groups is 1. The maximum atomic E-state index is 12.2. The van der Waals surface area contributed by atoms with Gasteiger partial charge in [-0.25, -0.2) is 4.98 Å². The SMILES string of the molecule is CN(Cc1ncc[nH]1)C(=O)Cc1ccc2c(c1)CCC2. The first kappa shape index (κ1) is 12.9. The minimum atomic E-state index is 0.124. The number of hydrogen-bond acceptors (Lipinski definition) is 2. The minimum absolute atomic E-state index is 0.124. The van der Waals surface area contributed by atoms with Crippen LogP contribution in [-0.2, 0) is 30.6 Å². The van der Waals surface area contributed by atoms with Crippen molar-refractivity contribution >= 4 is 5.91 Å². The Bertz CT molecular complexity index is 604. The van der Waals surface area contributed by atoms with Crippen LogP contribution in [0.3, 0.4) is 0 Å². The van der Waals surface area contributed by atoms with Gasteiger partial charge in [0.2, 0.25) is 5.91 Å². The molecular formula is C16H19N3O. The van der Waals surface area contributed by atoms with Crippen LogP contribution in [0.4, 0.5) is 0 Å². The molecule has 1 N–H and O–H groups in total. The van der Waals surface area contributed by atoms with Crippen LogP contribution in [0.25, 0.3) is 0 Å². The monoisotopic (exact) mass is 269 g/mol. The second kappa shape index (κ2) is 5.49. The number of fused-ring (bicyclic) bond motifs is 1. The van der Waals surface area contributed by atoms with Crippen molar-refractivity contribution in [3.8, 4) is 0 Å². The van der Waals surface area contributed by atoms with Crippen molar-refractivity contribution in [1.82, 2.24) is 14.9 Å². The van der Waals surface area contributed by atoms with Crippen LogP contribution < -0.4 is 0 Å². The van der Waals surface area contributed by atoms with Crippen LogP contribution in [0, 0.1) is 0 Å². The number of nitrogens with one attached hydrogen (secondary N) is 1. The molecule has 0 bridgehead atoms. The van der Waals surface area contributed by atoms with Crippen molar-refractivity contribution in [3.05, 3.63) is 53.1 Å². The Balaban J connectivity index is 1.63. The molecule has 104 valence electrons. The second-order valence-electron chi connectivity index (χ2n) is 5.42. The summed E-state index contributed by atoms with van der Waals surface area (Å²) in [5.41, 5.74) is 3.98. The number of aryl methyl sites for hydroxylation is 2. The van der Waals surface area contributed by atoms with E-state index in [-0.39, 0.29) is 5.91 Å². The predicted molar refractivity (Wildman–Crippen MR) is 77.2 cm³/mol. The smallest absolute Gasteiger partial charge is 0.227 e. The molecule has 0 radical (unpaired) electrons. The van der Waals surface area contributed by atoms with E-state index in [4.69, 9.17) is 0 Å². The number of carbonyl (C=O) groups excluding carboxylic acids is 1. The fraction of sp³-hybridized carbons (Fsp3) is 0.375. The van der Waals surface area contributed by atoms with E-state index in [1.54, 1.807) is 17.3 Å². The van der Waals surface area contributed by atoms with Crippen molar-refractivity contribution in [2.45, 2.75) is 32.2 Å². The number of imidazole rings is 1. The minimum Gasteiger partial charge on any atom is -0.347 e. The van der Waals surface area contributed by atoms with Gasteiger partial charge in [0.1, 0.15) is 5.82 Å². The second-order valence-corrected chi connectivity index (χ2v) is 5.42. The molecule has 1 amide bonds. The van der Waals surface area contributed by atoms with Gasteiger partial charge >= 0.3 is 0 Å². The number of aromatic amines is 1. The maximum absolute atomic E-state index is 12.2. The molecule has 20 heavy (non-hydrogen) atoms. The summed E-state index contributed by atoms with van der Waals surface area (Å²) in [6.07, 6.45) is 7.51. The summed E-state index contributed by atoms with van der Waals surface area (Å²) in [6.45, 7) is 0.525. The molecule has 1 heterocycles. The molecule has 1 aliphatic carbocycles. The largest absolute Gasteiger partial charge is 0.347 e. The first-order chi connectivity index (χ1) is 9.72. The summed E-state index contributed by atoms with van der Waals surface area (Å²) in [7, 11) is 1.82. The zero-order valence-electron chi connectivity index (χ0n) is 11.7. The Morgan fingerprint density at radius 3 is 3.00 bits per heavy atom. The highest BCUT2D eigenvalue weighted by Crippen LogP contribution is 2.23. The highest BCUT2D eigenvalue weighted by Gasteiger charge is 2.14. The maximum Gasteiger partial charge on any atom is 0.227 e. The van der Waals surface area contributed by atoms with Crippen molar-refractivity contribution < 1.29 is 4.79 Å². The first-order valence-corrected chi connectivity index (χ1v) is 7.05. The van der Waals surface area contributed by atoms with Gasteiger partial charge in [-0.3, -0.25) is 4.79 Å². The molecule has 0 atom stereocenters. The fourth-order valence-electron chi connectivity index (χ4n) is 2.74. The van der Waals surface area contributed by atoms with Crippen LogP contribution in [0.5, 0.6) is 0 Å². The number of nitrogens with zero attached hydrogens (tertiary/aromatic N) is 2. The molecule has 0 saturated heterocycles. The summed E-state index contributed by atoms with van der Waals surface area (Å²) < 4.78 is 0. The van der Waals surface area contributed by atoms with Crippen LogP contribution in [0.1, 0.15) is 28.9 Å². The summed E-state index contributed by atoms with van der Waals surface area (Å²) in [4.78, 5) is 21.1. The molecule has 3 rings (SSSR count). The zero-order valence-corrected chi connectivity index (χ0v) is 11.7. The third-order valence-electron chi connectivity index (χ3n) is 3.89. The lowest BCUT2D eigenvalue weighted by Gasteiger charge is -2.16. The number of H-pyrrole nitrogens is 1. The van der Waals surface area contributed by atoms with Gasteiger partial charge in [-0.05, 0) is 36.0 Å². The van der Waals surface area contributed by atoms with Crippen molar-refractivity contribution in [2.75, 3.05) is 7.05 Å². The molecule has 0 fully saturated rings. The van der Waals surface area contributed by atoms with E-state index >= 15 is 0 Å². The number of rotatable bonds is 4. The van der Waals surface area contributed by atoms with E-state index in [0.29, 0.717) is 13.0 Å². The summed E-state index contributed by atoms with van der Waals surface area (Å²) in [6, 6.07) is 6.46. The van der Waals surface area contributed by atoms with Gasteiger partial charge in [-0.1, -0.05) is 18.2 Å². The van der Waals surface area contributed by atoms with Gasteiger partial charge in [0.05, 0.1) is 13.0 Å². The number of hydrogen-bond donors (Lipinski definition) is 1. The molecule has 2 aromatic rings. The van der Waals surface area contributed by atoms with Crippen LogP contribution in [0.2, 0.25) is 0 Å². The standard InChI is InChI=1S/C16H19N3O/c1-19(11-15-17-7-8-18-15)16(20)10-12-5-6-13-3-2-4-14(13)9-12/h5-9H,2-4,10-11H2,1H3,(H,17,18). The lowest BCUT2D eigenvalue weighted by atomic mass is 10.0. The lowest BCUT2D eigenvalue weighted by molar-refractivity contribution is -0.129. The van der Waals surface area contributed by atoms with Gasteiger partial charge in [-0.2, -0.15) is 0 Å². The highest BCUT2D eigenvalue weighted by atomic mass is 16.2. The Hall–Kier alpha value is -2.10. The predicted octanol–water partition coefficient (Wildman–Crippen LogP) is 2.10. The molecule has 0 aliphatic heterocycles. The van der Waals surface area contributed by atoms with E-state index in [0.717, 1.165) is 17.8 Å². The molecule has 4 heteroatoms. The quantitative estimate of drug-likeness (QED) is 0.924. The van der Waals surface area contributed by atoms with E-state index in [9.17, 15) is 4.79 Å². The molecule has 1 aromatic heterocycles. The number of likely N-dealkylation sites (N-methyl/N-ethyl adjacent to an activating group) is 1. The Morgan fingerprint density at radius 1 is 1.35 bits per heavy atom. The van der Waals surface area contributed by atoms with Crippen LogP contribution in [0.15, 0.2) is 30.6 Å². The Morgan fingerprint density at radius 2 is 2.20 bits per heavy atom. The molecule has 0 unspecified atom stereocenters. The van der Waals surface area contributed by atoms with E-state index in [1.807, 2.05) is 7.05 Å². The molecule has 0 saturated carbocycles. The van der Waals surface area contributed by atoms with Gasteiger partial charge in [0, 0.05) is 19.4 Å². The van der Waals surface area contributed by atoms with Crippen molar-refractivity contribution in [2.24, 2.45) is 0 Å². The number of aromatic nitrogens is 2. The van der Waals surface area contributed by atoms with Gasteiger partial charge in [-0.15, -0.1) is 0 Å². The van der Waals surface area contributed by atoms with E-state index in [1.165, 1.54) is 24.0 Å². The molecular weight excluding hydrogens is 250 g/mol.